The highest BCUT2D eigenvalue weighted by Crippen LogP contribution is 2.34. The van der Waals surface area contributed by atoms with Crippen molar-refractivity contribution in [1.82, 2.24) is 19.7 Å². The molecule has 7 nitrogen and oxygen atoms in total. The first kappa shape index (κ1) is 17.7. The number of nitrogens with zero attached hydrogens (tertiary/aromatic N) is 4. The Bertz CT molecular complexity index is 1010. The van der Waals surface area contributed by atoms with Crippen molar-refractivity contribution >= 4 is 22.8 Å². The van der Waals surface area contributed by atoms with Crippen LogP contribution < -0.4 is 0 Å². The van der Waals surface area contributed by atoms with Gasteiger partial charge in [0, 0.05) is 48.8 Å². The van der Waals surface area contributed by atoms with E-state index in [1.807, 2.05) is 19.9 Å². The molecule has 0 unspecified atom stereocenters. The molecule has 0 saturated heterocycles. The monoisotopic (exact) mass is 352 g/mol. The molecule has 3 aromatic rings. The maximum absolute atomic E-state index is 12.3. The van der Waals surface area contributed by atoms with Gasteiger partial charge in [0.05, 0.1) is 6.20 Å². The highest BCUT2D eigenvalue weighted by atomic mass is 16.4. The molecule has 0 aliphatic heterocycles. The highest BCUT2D eigenvalue weighted by Gasteiger charge is 2.22. The van der Waals surface area contributed by atoms with Crippen LogP contribution in [0.15, 0.2) is 24.7 Å². The number of pyridine rings is 2. The summed E-state index contributed by atoms with van der Waals surface area (Å²) < 4.78 is 1.73. The lowest BCUT2D eigenvalue weighted by molar-refractivity contribution is -0.136. The fraction of sp³-hybridized carbons (Fsp3) is 0.316. The van der Waals surface area contributed by atoms with E-state index in [-0.39, 0.29) is 18.6 Å². The third-order valence-electron chi connectivity index (χ3n) is 4.27. The number of aryl methyl sites for hydroxylation is 2. The molecule has 0 bridgehead atoms. The van der Waals surface area contributed by atoms with Crippen molar-refractivity contribution < 1.29 is 14.7 Å². The second kappa shape index (κ2) is 7.03. The van der Waals surface area contributed by atoms with E-state index in [1.54, 1.807) is 23.3 Å². The van der Waals surface area contributed by atoms with Crippen molar-refractivity contribution in [3.05, 3.63) is 41.5 Å². The van der Waals surface area contributed by atoms with Gasteiger partial charge in [-0.25, -0.2) is 9.67 Å². The van der Waals surface area contributed by atoms with Crippen LogP contribution in [-0.4, -0.2) is 36.6 Å². The average molecular weight is 352 g/mol. The van der Waals surface area contributed by atoms with Crippen LogP contribution >= 0.6 is 0 Å². The van der Waals surface area contributed by atoms with E-state index in [1.165, 1.54) is 6.92 Å². The third-order valence-corrected chi connectivity index (χ3v) is 4.27. The van der Waals surface area contributed by atoms with Crippen LogP contribution in [0.2, 0.25) is 0 Å². The Labute approximate surface area is 150 Å². The van der Waals surface area contributed by atoms with E-state index in [2.05, 4.69) is 15.1 Å². The zero-order valence-electron chi connectivity index (χ0n) is 15.0. The van der Waals surface area contributed by atoms with Crippen LogP contribution in [0.3, 0.4) is 0 Å². The van der Waals surface area contributed by atoms with Gasteiger partial charge in [-0.2, -0.15) is 5.10 Å². The number of carbonyl (C=O) groups excluding carboxylic acids is 1. The Morgan fingerprint density at radius 2 is 2.00 bits per heavy atom. The van der Waals surface area contributed by atoms with E-state index in [0.717, 1.165) is 22.1 Å². The average Bonchev–Trinajstić information content (AvgIpc) is 3.01. The third kappa shape index (κ3) is 3.20. The van der Waals surface area contributed by atoms with Crippen molar-refractivity contribution in [2.24, 2.45) is 0 Å². The van der Waals surface area contributed by atoms with E-state index in [0.29, 0.717) is 23.4 Å². The molecule has 0 atom stereocenters. The van der Waals surface area contributed by atoms with Gasteiger partial charge in [-0.05, 0) is 37.5 Å². The van der Waals surface area contributed by atoms with Crippen LogP contribution in [0.25, 0.3) is 22.2 Å². The van der Waals surface area contributed by atoms with Crippen LogP contribution in [0.4, 0.5) is 0 Å². The van der Waals surface area contributed by atoms with Gasteiger partial charge in [-0.15, -0.1) is 0 Å². The second-order valence-corrected chi connectivity index (χ2v) is 6.21. The number of carboxylic acid groups (broad SMARTS) is 1. The van der Waals surface area contributed by atoms with Gasteiger partial charge in [-0.3, -0.25) is 14.6 Å². The van der Waals surface area contributed by atoms with Crippen molar-refractivity contribution in [1.29, 1.82) is 0 Å². The summed E-state index contributed by atoms with van der Waals surface area (Å²) in [5.74, 6) is -1.12. The van der Waals surface area contributed by atoms with E-state index >= 15 is 0 Å². The predicted octanol–water partition coefficient (Wildman–Crippen LogP) is 3.04. The number of hydrogen-bond acceptors (Lipinski definition) is 5. The fourth-order valence-electron chi connectivity index (χ4n) is 3.15. The second-order valence-electron chi connectivity index (χ2n) is 6.21. The number of fused-ring (bicyclic) bond motifs is 1. The Balaban J connectivity index is 2.39. The molecule has 0 aliphatic rings. The Kier molecular flexibility index (Phi) is 4.79. The van der Waals surface area contributed by atoms with Crippen molar-refractivity contribution in [3.8, 4) is 11.1 Å². The summed E-state index contributed by atoms with van der Waals surface area (Å²) in [6.07, 6.45) is 5.33. The fourth-order valence-corrected chi connectivity index (χ4v) is 3.15. The van der Waals surface area contributed by atoms with Gasteiger partial charge < -0.3 is 5.11 Å². The summed E-state index contributed by atoms with van der Waals surface area (Å²) in [5.41, 5.74) is 4.14. The van der Waals surface area contributed by atoms with Gasteiger partial charge in [0.15, 0.2) is 11.4 Å². The summed E-state index contributed by atoms with van der Waals surface area (Å²) >= 11 is 0. The molecule has 26 heavy (non-hydrogen) atoms. The Morgan fingerprint density at radius 1 is 1.23 bits per heavy atom. The molecule has 7 heteroatoms. The standard InChI is InChI=1S/C19H20N4O3/c1-4-23-19-15(10-21-23)17(13-7-11(2)8-20-9-13)14(5-6-16(25)26)18(22-19)12(3)24/h7-10H,4-6H2,1-3H3,(H,25,26). The predicted molar refractivity (Wildman–Crippen MR) is 97.1 cm³/mol. The number of hydrogen-bond donors (Lipinski definition) is 1. The smallest absolute Gasteiger partial charge is 0.303 e. The topological polar surface area (TPSA) is 98.0 Å². The largest absolute Gasteiger partial charge is 0.481 e. The normalized spacial score (nSPS) is 11.0. The molecule has 1 N–H and O–H groups in total. The molecule has 0 aromatic carbocycles. The molecule has 3 aromatic heterocycles. The number of aromatic nitrogens is 4. The number of rotatable bonds is 6. The highest BCUT2D eigenvalue weighted by molar-refractivity contribution is 6.03. The molecule has 134 valence electrons. The SMILES string of the molecule is CCn1ncc2c(-c3cncc(C)c3)c(CCC(=O)O)c(C(C)=O)nc21. The number of carboxylic acids is 1. The first-order valence-electron chi connectivity index (χ1n) is 8.45. The molecule has 0 aliphatic carbocycles. The van der Waals surface area contributed by atoms with Crippen LogP contribution in [0.1, 0.15) is 41.9 Å². The minimum atomic E-state index is -0.919. The number of aliphatic carboxylic acids is 1. The summed E-state index contributed by atoms with van der Waals surface area (Å²) in [7, 11) is 0. The first-order chi connectivity index (χ1) is 12.4. The zero-order chi connectivity index (χ0) is 18.8. The van der Waals surface area contributed by atoms with Crippen LogP contribution in [-0.2, 0) is 17.8 Å². The summed E-state index contributed by atoms with van der Waals surface area (Å²) in [6, 6.07) is 1.97. The lowest BCUT2D eigenvalue weighted by Crippen LogP contribution is -2.10. The number of ketones is 1. The molecular weight excluding hydrogens is 332 g/mol. The Morgan fingerprint density at radius 3 is 2.62 bits per heavy atom. The van der Waals surface area contributed by atoms with Crippen molar-refractivity contribution in [2.45, 2.75) is 40.2 Å². The van der Waals surface area contributed by atoms with E-state index in [9.17, 15) is 9.59 Å². The maximum Gasteiger partial charge on any atom is 0.303 e. The van der Waals surface area contributed by atoms with Crippen molar-refractivity contribution in [3.63, 3.8) is 0 Å². The number of carbonyl (C=O) groups is 2. The lowest BCUT2D eigenvalue weighted by Gasteiger charge is -2.15. The van der Waals surface area contributed by atoms with E-state index < -0.39 is 5.97 Å². The molecule has 3 rings (SSSR count). The molecule has 0 fully saturated rings. The minimum Gasteiger partial charge on any atom is -0.481 e. The summed E-state index contributed by atoms with van der Waals surface area (Å²) in [6.45, 7) is 5.96. The van der Waals surface area contributed by atoms with Gasteiger partial charge >= 0.3 is 5.97 Å². The first-order valence-corrected chi connectivity index (χ1v) is 8.45. The molecular formula is C19H20N4O3. The van der Waals surface area contributed by atoms with Gasteiger partial charge in [0.2, 0.25) is 0 Å². The van der Waals surface area contributed by atoms with Gasteiger partial charge in [-0.1, -0.05) is 0 Å². The van der Waals surface area contributed by atoms with Crippen molar-refractivity contribution in [2.75, 3.05) is 0 Å². The van der Waals surface area contributed by atoms with Gasteiger partial charge in [0.25, 0.3) is 0 Å². The molecule has 0 spiro atoms. The summed E-state index contributed by atoms with van der Waals surface area (Å²) in [5, 5.41) is 14.3. The zero-order valence-corrected chi connectivity index (χ0v) is 15.0. The van der Waals surface area contributed by atoms with Crippen LogP contribution in [0, 0.1) is 6.92 Å². The lowest BCUT2D eigenvalue weighted by atomic mass is 9.92. The molecule has 0 amide bonds. The molecule has 0 radical (unpaired) electrons. The van der Waals surface area contributed by atoms with E-state index in [4.69, 9.17) is 5.11 Å². The quantitative estimate of drug-likeness (QED) is 0.685. The number of Topliss-reactive ketones (excluding diaryl/α,β-unsaturated/α-hetero) is 1. The molecule has 0 saturated carbocycles. The minimum absolute atomic E-state index is 0.0817. The van der Waals surface area contributed by atoms with Gasteiger partial charge in [0.1, 0.15) is 5.69 Å². The maximum atomic E-state index is 12.3. The summed E-state index contributed by atoms with van der Waals surface area (Å²) in [4.78, 5) is 32.2. The van der Waals surface area contributed by atoms with Crippen LogP contribution in [0.5, 0.6) is 0 Å². The Hall–Kier alpha value is -3.09. The molecule has 3 heterocycles.